The topological polar surface area (TPSA) is 96.6 Å². The molecule has 1 aromatic carbocycles. The fourth-order valence-electron chi connectivity index (χ4n) is 2.39. The standard InChI is InChI=1S/C16H19FN4O4/c1-4-18-13-12(15(23)21(25)16(24)20(13)3)14(22)19(2)9-10-5-7-11(17)8-6-10/h5-8,18,25H,4,9H2,1-3H3. The Morgan fingerprint density at radius 2 is 1.88 bits per heavy atom. The van der Waals surface area contributed by atoms with Crippen LogP contribution in [0.5, 0.6) is 0 Å². The maximum Gasteiger partial charge on any atom is 0.365 e. The van der Waals surface area contributed by atoms with Crippen LogP contribution in [0, 0.1) is 5.82 Å². The van der Waals surface area contributed by atoms with Crippen molar-refractivity contribution in [2.45, 2.75) is 13.5 Å². The number of carbonyl (C=O) groups is 1. The Kier molecular flexibility index (Phi) is 5.26. The molecule has 8 nitrogen and oxygen atoms in total. The zero-order valence-corrected chi connectivity index (χ0v) is 14.1. The summed E-state index contributed by atoms with van der Waals surface area (Å²) in [6.07, 6.45) is 0. The largest absolute Gasteiger partial charge is 0.421 e. The van der Waals surface area contributed by atoms with Gasteiger partial charge in [-0.2, -0.15) is 0 Å². The molecular formula is C16H19FN4O4. The average molecular weight is 350 g/mol. The molecule has 2 rings (SSSR count). The van der Waals surface area contributed by atoms with E-state index in [9.17, 15) is 24.0 Å². The molecule has 2 aromatic rings. The second kappa shape index (κ2) is 7.20. The van der Waals surface area contributed by atoms with Crippen LogP contribution in [0.25, 0.3) is 0 Å². The molecule has 0 fully saturated rings. The first-order valence-corrected chi connectivity index (χ1v) is 7.57. The van der Waals surface area contributed by atoms with Crippen LogP contribution < -0.4 is 16.6 Å². The van der Waals surface area contributed by atoms with Crippen LogP contribution in [-0.2, 0) is 13.6 Å². The van der Waals surface area contributed by atoms with Crippen molar-refractivity contribution in [2.24, 2.45) is 7.05 Å². The van der Waals surface area contributed by atoms with Crippen molar-refractivity contribution >= 4 is 11.7 Å². The molecular weight excluding hydrogens is 331 g/mol. The highest BCUT2D eigenvalue weighted by Crippen LogP contribution is 2.13. The Morgan fingerprint density at radius 3 is 2.44 bits per heavy atom. The van der Waals surface area contributed by atoms with Crippen molar-refractivity contribution < 1.29 is 14.4 Å². The van der Waals surface area contributed by atoms with Gasteiger partial charge >= 0.3 is 11.2 Å². The molecule has 25 heavy (non-hydrogen) atoms. The summed E-state index contributed by atoms with van der Waals surface area (Å²) in [6, 6.07) is 5.58. The van der Waals surface area contributed by atoms with Gasteiger partial charge in [-0.05, 0) is 24.6 Å². The lowest BCUT2D eigenvalue weighted by molar-refractivity contribution is 0.0773. The Bertz CT molecular complexity index is 902. The van der Waals surface area contributed by atoms with Gasteiger partial charge in [-0.25, -0.2) is 9.18 Å². The average Bonchev–Trinajstić information content (AvgIpc) is 2.59. The number of halogens is 1. The van der Waals surface area contributed by atoms with Crippen molar-refractivity contribution in [1.29, 1.82) is 0 Å². The van der Waals surface area contributed by atoms with Crippen molar-refractivity contribution in [3.63, 3.8) is 0 Å². The minimum Gasteiger partial charge on any atom is -0.421 e. The Hall–Kier alpha value is -3.10. The van der Waals surface area contributed by atoms with Gasteiger partial charge in [0.2, 0.25) is 0 Å². The number of rotatable bonds is 5. The van der Waals surface area contributed by atoms with Gasteiger partial charge in [-0.3, -0.25) is 14.2 Å². The maximum absolute atomic E-state index is 13.0. The number of benzene rings is 1. The Labute approximate surface area is 142 Å². The van der Waals surface area contributed by atoms with Crippen LogP contribution in [0.1, 0.15) is 22.8 Å². The third-order valence-corrected chi connectivity index (χ3v) is 3.68. The quantitative estimate of drug-likeness (QED) is 0.771. The SMILES string of the molecule is CCNc1c(C(=O)N(C)Cc2ccc(F)cc2)c(=O)n(O)c(=O)n1C. The normalized spacial score (nSPS) is 10.6. The number of amides is 1. The lowest BCUT2D eigenvalue weighted by Gasteiger charge is -2.20. The fourth-order valence-corrected chi connectivity index (χ4v) is 2.39. The first kappa shape index (κ1) is 18.2. The minimum absolute atomic E-state index is 0.0266. The molecule has 0 bridgehead atoms. The van der Waals surface area contributed by atoms with E-state index >= 15 is 0 Å². The van der Waals surface area contributed by atoms with Crippen molar-refractivity contribution in [1.82, 2.24) is 14.2 Å². The number of nitrogens with one attached hydrogen (secondary N) is 1. The summed E-state index contributed by atoms with van der Waals surface area (Å²) in [6.45, 7) is 2.23. The highest BCUT2D eigenvalue weighted by Gasteiger charge is 2.25. The molecule has 1 aromatic heterocycles. The molecule has 0 aliphatic carbocycles. The van der Waals surface area contributed by atoms with Gasteiger partial charge in [0.1, 0.15) is 17.2 Å². The second-order valence-electron chi connectivity index (χ2n) is 5.50. The zero-order chi connectivity index (χ0) is 18.7. The number of aromatic nitrogens is 2. The third-order valence-electron chi connectivity index (χ3n) is 3.68. The van der Waals surface area contributed by atoms with Gasteiger partial charge < -0.3 is 15.4 Å². The van der Waals surface area contributed by atoms with Gasteiger partial charge in [0.25, 0.3) is 5.91 Å². The van der Waals surface area contributed by atoms with Crippen molar-refractivity contribution in [3.8, 4) is 0 Å². The number of anilines is 1. The van der Waals surface area contributed by atoms with E-state index in [0.29, 0.717) is 12.1 Å². The summed E-state index contributed by atoms with van der Waals surface area (Å²) in [4.78, 5) is 38.0. The van der Waals surface area contributed by atoms with Crippen LogP contribution in [0.3, 0.4) is 0 Å². The monoisotopic (exact) mass is 350 g/mol. The summed E-state index contributed by atoms with van der Waals surface area (Å²) in [5.41, 5.74) is -1.75. The van der Waals surface area contributed by atoms with E-state index in [-0.39, 0.29) is 22.7 Å². The molecule has 0 saturated carbocycles. The number of nitrogens with zero attached hydrogens (tertiary/aromatic N) is 3. The minimum atomic E-state index is -1.10. The molecule has 134 valence electrons. The number of hydrogen-bond donors (Lipinski definition) is 2. The van der Waals surface area contributed by atoms with E-state index in [1.54, 1.807) is 6.92 Å². The maximum atomic E-state index is 13.0. The van der Waals surface area contributed by atoms with E-state index in [2.05, 4.69) is 5.32 Å². The number of carbonyl (C=O) groups excluding carboxylic acids is 1. The molecule has 0 unspecified atom stereocenters. The van der Waals surface area contributed by atoms with Gasteiger partial charge in [0.05, 0.1) is 0 Å². The predicted molar refractivity (Wildman–Crippen MR) is 89.5 cm³/mol. The summed E-state index contributed by atoms with van der Waals surface area (Å²) in [5.74, 6) is -1.05. The molecule has 0 saturated heterocycles. The van der Waals surface area contributed by atoms with E-state index in [1.165, 1.54) is 43.3 Å². The fraction of sp³-hybridized carbons (Fsp3) is 0.312. The Morgan fingerprint density at radius 1 is 1.28 bits per heavy atom. The van der Waals surface area contributed by atoms with Crippen LogP contribution >= 0.6 is 0 Å². The molecule has 0 aliphatic rings. The van der Waals surface area contributed by atoms with Gasteiger partial charge in [-0.15, -0.1) is 0 Å². The molecule has 0 radical (unpaired) electrons. The molecule has 0 aliphatic heterocycles. The van der Waals surface area contributed by atoms with Crippen molar-refractivity contribution in [3.05, 3.63) is 62.0 Å². The van der Waals surface area contributed by atoms with E-state index in [1.807, 2.05) is 0 Å². The molecule has 0 spiro atoms. The Balaban J connectivity index is 2.45. The number of hydrogen-bond acceptors (Lipinski definition) is 5. The summed E-state index contributed by atoms with van der Waals surface area (Å²) >= 11 is 0. The van der Waals surface area contributed by atoms with Crippen LogP contribution in [0.4, 0.5) is 10.2 Å². The lowest BCUT2D eigenvalue weighted by Crippen LogP contribution is -2.44. The molecule has 9 heteroatoms. The smallest absolute Gasteiger partial charge is 0.365 e. The zero-order valence-electron chi connectivity index (χ0n) is 14.1. The molecule has 1 heterocycles. The first-order chi connectivity index (χ1) is 11.8. The van der Waals surface area contributed by atoms with E-state index < -0.39 is 23.0 Å². The van der Waals surface area contributed by atoms with Gasteiger partial charge in [0.15, 0.2) is 0 Å². The highest BCUT2D eigenvalue weighted by molar-refractivity contribution is 5.98. The predicted octanol–water partition coefficient (Wildman–Crippen LogP) is 0.627. The summed E-state index contributed by atoms with van der Waals surface area (Å²) < 4.78 is 13.9. The summed E-state index contributed by atoms with van der Waals surface area (Å²) in [7, 11) is 2.80. The van der Waals surface area contributed by atoms with Crippen LogP contribution in [0.2, 0.25) is 0 Å². The van der Waals surface area contributed by atoms with Gasteiger partial charge in [-0.1, -0.05) is 16.9 Å². The van der Waals surface area contributed by atoms with Crippen LogP contribution in [0.15, 0.2) is 33.9 Å². The van der Waals surface area contributed by atoms with E-state index in [4.69, 9.17) is 0 Å². The highest BCUT2D eigenvalue weighted by atomic mass is 19.1. The first-order valence-electron chi connectivity index (χ1n) is 7.57. The summed E-state index contributed by atoms with van der Waals surface area (Å²) in [5, 5.41) is 12.4. The van der Waals surface area contributed by atoms with E-state index in [0.717, 1.165) is 4.57 Å². The van der Waals surface area contributed by atoms with Gasteiger partial charge in [0, 0.05) is 27.2 Å². The third kappa shape index (κ3) is 3.54. The lowest BCUT2D eigenvalue weighted by atomic mass is 10.2. The molecule has 0 atom stereocenters. The molecule has 2 N–H and O–H groups in total. The second-order valence-corrected chi connectivity index (χ2v) is 5.50. The van der Waals surface area contributed by atoms with Crippen molar-refractivity contribution in [2.75, 3.05) is 18.9 Å². The molecule has 1 amide bonds. The van der Waals surface area contributed by atoms with Crippen LogP contribution in [-0.4, -0.2) is 38.9 Å².